The Morgan fingerprint density at radius 3 is 2.14 bits per heavy atom. The quantitative estimate of drug-likeness (QED) is 0.506. The van der Waals surface area contributed by atoms with Gasteiger partial charge in [-0.15, -0.1) is 0 Å². The topological polar surface area (TPSA) is 63.2 Å². The molecule has 0 aliphatic carbocycles. The highest BCUT2D eigenvalue weighted by Crippen LogP contribution is 2.44. The van der Waals surface area contributed by atoms with Crippen molar-refractivity contribution in [2.75, 3.05) is 20.3 Å². The van der Waals surface area contributed by atoms with E-state index >= 15 is 0 Å². The van der Waals surface area contributed by atoms with Gasteiger partial charge in [0, 0.05) is 13.2 Å². The van der Waals surface area contributed by atoms with Gasteiger partial charge in [-0.2, -0.15) is 0 Å². The monoisotopic (exact) mass is 318 g/mol. The van der Waals surface area contributed by atoms with Crippen LogP contribution in [0.15, 0.2) is 0 Å². The van der Waals surface area contributed by atoms with Gasteiger partial charge in [0.2, 0.25) is 5.60 Å². The average Bonchev–Trinajstić information content (AvgIpc) is 2.78. The average molecular weight is 318 g/mol. The lowest BCUT2D eigenvalue weighted by Gasteiger charge is -2.38. The molecular weight excluding hydrogens is 288 g/mol. The third kappa shape index (κ3) is 3.62. The Morgan fingerprint density at radius 2 is 1.73 bits per heavy atom. The molecule has 0 spiro atoms. The van der Waals surface area contributed by atoms with Gasteiger partial charge in [0.15, 0.2) is 12.1 Å². The minimum absolute atomic E-state index is 0.0734. The Labute approximate surface area is 133 Å². The van der Waals surface area contributed by atoms with Crippen molar-refractivity contribution >= 4 is 5.97 Å². The second-order valence-electron chi connectivity index (χ2n) is 5.95. The zero-order valence-corrected chi connectivity index (χ0v) is 14.8. The predicted molar refractivity (Wildman–Crippen MR) is 81.3 cm³/mol. The minimum atomic E-state index is -1.43. The van der Waals surface area contributed by atoms with Gasteiger partial charge in [0.25, 0.3) is 0 Å². The number of rotatable bonds is 8. The van der Waals surface area contributed by atoms with Crippen LogP contribution in [-0.2, 0) is 28.5 Å². The zero-order chi connectivity index (χ0) is 17.0. The largest absolute Gasteiger partial charge is 0.467 e. The van der Waals surface area contributed by atoms with Crippen LogP contribution in [0.5, 0.6) is 0 Å². The lowest BCUT2D eigenvalue weighted by Crippen LogP contribution is -2.61. The highest BCUT2D eigenvalue weighted by atomic mass is 16.8. The van der Waals surface area contributed by atoms with Crippen molar-refractivity contribution in [3.05, 3.63) is 0 Å². The number of carbonyl (C=O) groups is 1. The van der Waals surface area contributed by atoms with Crippen molar-refractivity contribution in [1.82, 2.24) is 0 Å². The van der Waals surface area contributed by atoms with E-state index in [9.17, 15) is 4.79 Å². The molecule has 0 aromatic carbocycles. The van der Waals surface area contributed by atoms with E-state index in [1.807, 2.05) is 27.7 Å². The highest BCUT2D eigenvalue weighted by molar-refractivity contribution is 5.81. The summed E-state index contributed by atoms with van der Waals surface area (Å²) in [6.45, 7) is 12.1. The van der Waals surface area contributed by atoms with Gasteiger partial charge in [-0.25, -0.2) is 4.79 Å². The van der Waals surface area contributed by atoms with Crippen molar-refractivity contribution < 1.29 is 28.5 Å². The van der Waals surface area contributed by atoms with Gasteiger partial charge in [-0.1, -0.05) is 20.3 Å². The molecular formula is C16H30O6. The summed E-state index contributed by atoms with van der Waals surface area (Å²) in [6, 6.07) is 0. The van der Waals surface area contributed by atoms with Crippen LogP contribution in [0.1, 0.15) is 48.0 Å². The van der Waals surface area contributed by atoms with Crippen molar-refractivity contribution in [3.63, 3.8) is 0 Å². The van der Waals surface area contributed by atoms with E-state index in [2.05, 4.69) is 0 Å². The smallest absolute Gasteiger partial charge is 0.346 e. The molecule has 1 aliphatic heterocycles. The van der Waals surface area contributed by atoms with Crippen LogP contribution in [0.2, 0.25) is 0 Å². The summed E-state index contributed by atoms with van der Waals surface area (Å²) >= 11 is 0. The SMILES string of the molecule is CCOC(OCC)[C@]1(C(=O)OC)OC(C)(C)O[C@H]1[C@@H](C)CC. The van der Waals surface area contributed by atoms with E-state index in [1.165, 1.54) is 7.11 Å². The number of methoxy groups -OCH3 is 1. The summed E-state index contributed by atoms with van der Waals surface area (Å²) in [5.74, 6) is -1.38. The zero-order valence-electron chi connectivity index (χ0n) is 14.8. The van der Waals surface area contributed by atoms with Crippen LogP contribution in [-0.4, -0.2) is 50.1 Å². The maximum Gasteiger partial charge on any atom is 0.346 e. The van der Waals surface area contributed by atoms with E-state index in [4.69, 9.17) is 23.7 Å². The van der Waals surface area contributed by atoms with E-state index in [0.717, 1.165) is 6.42 Å². The molecule has 1 fully saturated rings. The Kier molecular flexibility index (Phi) is 6.80. The van der Waals surface area contributed by atoms with Crippen molar-refractivity contribution in [3.8, 4) is 0 Å². The molecule has 0 N–H and O–H groups in total. The van der Waals surface area contributed by atoms with Gasteiger partial charge in [-0.05, 0) is 33.6 Å². The number of esters is 1. The molecule has 1 saturated heterocycles. The third-order valence-electron chi connectivity index (χ3n) is 3.90. The molecule has 1 aliphatic rings. The molecule has 6 nitrogen and oxygen atoms in total. The van der Waals surface area contributed by atoms with Gasteiger partial charge in [0.05, 0.1) is 7.11 Å². The van der Waals surface area contributed by atoms with Crippen molar-refractivity contribution in [2.24, 2.45) is 5.92 Å². The van der Waals surface area contributed by atoms with E-state index in [0.29, 0.717) is 13.2 Å². The fourth-order valence-corrected chi connectivity index (χ4v) is 2.83. The van der Waals surface area contributed by atoms with Crippen LogP contribution in [0, 0.1) is 5.92 Å². The third-order valence-corrected chi connectivity index (χ3v) is 3.90. The predicted octanol–water partition coefficient (Wildman–Crippen LogP) is 2.49. The summed E-state index contributed by atoms with van der Waals surface area (Å²) in [4.78, 5) is 12.7. The first-order valence-corrected chi connectivity index (χ1v) is 7.98. The number of hydrogen-bond donors (Lipinski definition) is 0. The molecule has 0 saturated carbocycles. The standard InChI is InChI=1S/C16H30O6/c1-8-11(4)12-16(13(17)18-7,22-15(5,6)21-12)14(19-9-2)20-10-3/h11-12,14H,8-10H2,1-7H3/t11-,12-,16-/m0/s1. The van der Waals surface area contributed by atoms with Crippen LogP contribution in [0.3, 0.4) is 0 Å². The first-order chi connectivity index (χ1) is 10.3. The number of hydrogen-bond acceptors (Lipinski definition) is 6. The van der Waals surface area contributed by atoms with E-state index in [-0.39, 0.29) is 5.92 Å². The van der Waals surface area contributed by atoms with Gasteiger partial charge >= 0.3 is 5.97 Å². The second-order valence-corrected chi connectivity index (χ2v) is 5.95. The number of carbonyl (C=O) groups excluding carboxylic acids is 1. The molecule has 6 heteroatoms. The maximum absolute atomic E-state index is 12.7. The fraction of sp³-hybridized carbons (Fsp3) is 0.938. The van der Waals surface area contributed by atoms with Crippen LogP contribution in [0.4, 0.5) is 0 Å². The summed E-state index contributed by atoms with van der Waals surface area (Å²) in [5.41, 5.74) is -1.43. The van der Waals surface area contributed by atoms with E-state index in [1.54, 1.807) is 13.8 Å². The molecule has 22 heavy (non-hydrogen) atoms. The lowest BCUT2D eigenvalue weighted by atomic mass is 9.85. The summed E-state index contributed by atoms with van der Waals surface area (Å²) in [6.07, 6.45) is -0.563. The molecule has 3 atom stereocenters. The molecule has 0 unspecified atom stereocenters. The molecule has 1 rings (SSSR count). The fourth-order valence-electron chi connectivity index (χ4n) is 2.83. The maximum atomic E-state index is 12.7. The van der Waals surface area contributed by atoms with E-state index < -0.39 is 29.8 Å². The number of ether oxygens (including phenoxy) is 5. The molecule has 1 heterocycles. The molecule has 0 aromatic heterocycles. The first kappa shape index (κ1) is 19.4. The van der Waals surface area contributed by atoms with Crippen LogP contribution >= 0.6 is 0 Å². The highest BCUT2D eigenvalue weighted by Gasteiger charge is 2.66. The molecule has 0 aromatic rings. The molecule has 130 valence electrons. The van der Waals surface area contributed by atoms with Crippen molar-refractivity contribution in [1.29, 1.82) is 0 Å². The lowest BCUT2D eigenvalue weighted by molar-refractivity contribution is -0.265. The summed E-state index contributed by atoms with van der Waals surface area (Å²) < 4.78 is 28.5. The first-order valence-electron chi connectivity index (χ1n) is 7.98. The normalized spacial score (nSPS) is 28.8. The van der Waals surface area contributed by atoms with Crippen molar-refractivity contribution in [2.45, 2.75) is 71.7 Å². The Morgan fingerprint density at radius 1 is 1.18 bits per heavy atom. The van der Waals surface area contributed by atoms with Crippen LogP contribution in [0.25, 0.3) is 0 Å². The van der Waals surface area contributed by atoms with Gasteiger partial charge < -0.3 is 23.7 Å². The Balaban J connectivity index is 3.35. The van der Waals surface area contributed by atoms with Crippen LogP contribution < -0.4 is 0 Å². The minimum Gasteiger partial charge on any atom is -0.467 e. The van der Waals surface area contributed by atoms with Gasteiger partial charge in [-0.3, -0.25) is 0 Å². The second kappa shape index (κ2) is 7.73. The molecule has 0 amide bonds. The summed E-state index contributed by atoms with van der Waals surface area (Å²) in [5, 5.41) is 0. The Hall–Kier alpha value is -0.690. The Bertz CT molecular complexity index is 364. The molecule has 0 radical (unpaired) electrons. The summed E-state index contributed by atoms with van der Waals surface area (Å²) in [7, 11) is 1.33. The molecule has 0 bridgehead atoms. The van der Waals surface area contributed by atoms with Gasteiger partial charge in [0.1, 0.15) is 6.10 Å².